The van der Waals surface area contributed by atoms with E-state index in [4.69, 9.17) is 24.7 Å². The molecule has 17 heteroatoms. The average Bonchev–Trinajstić information content (AvgIpc) is 2.92. The first kappa shape index (κ1) is 38.5. The Bertz CT molecular complexity index is 641. The Balaban J connectivity index is 3.42. The summed E-state index contributed by atoms with van der Waals surface area (Å²) in [6, 6.07) is 0. The zero-order valence-electron chi connectivity index (χ0n) is 22.2. The zero-order valence-corrected chi connectivity index (χ0v) is 26.2. The topological polar surface area (TPSA) is 174 Å². The molecule has 0 spiro atoms. The molecule has 0 aliphatic rings. The molecule has 0 aromatic heterocycles. The lowest BCUT2D eigenvalue weighted by atomic mass is 10.5. The third-order valence-corrected chi connectivity index (χ3v) is 9.19. The number of nitrogens with zero attached hydrogens (tertiary/aromatic N) is 2. The van der Waals surface area contributed by atoms with Gasteiger partial charge in [-0.15, -0.1) is 0 Å². The van der Waals surface area contributed by atoms with Gasteiger partial charge < -0.3 is 35.0 Å². The molecule has 2 amide bonds. The zero-order chi connectivity index (χ0) is 28.7. The summed E-state index contributed by atoms with van der Waals surface area (Å²) in [6.45, 7) is 2.84. The van der Waals surface area contributed by atoms with Gasteiger partial charge in [0.15, 0.2) is 0 Å². The second-order valence-corrected chi connectivity index (χ2v) is 13.3. The Morgan fingerprint density at radius 1 is 0.846 bits per heavy atom. The van der Waals surface area contributed by atoms with Crippen LogP contribution in [0.15, 0.2) is 9.98 Å². The maximum Gasteiger partial charge on any atom is 0.407 e. The highest BCUT2D eigenvalue weighted by Gasteiger charge is 2.05. The molecule has 4 N–H and O–H groups in total. The fourth-order valence-corrected chi connectivity index (χ4v) is 6.40. The van der Waals surface area contributed by atoms with Gasteiger partial charge in [-0.25, -0.2) is 9.79 Å². The van der Waals surface area contributed by atoms with Gasteiger partial charge in [0.25, 0.3) is 5.24 Å². The second kappa shape index (κ2) is 32.0. The molecule has 1 atom stereocenters. The summed E-state index contributed by atoms with van der Waals surface area (Å²) < 4.78 is 16.8. The molecule has 0 fully saturated rings. The van der Waals surface area contributed by atoms with Gasteiger partial charge >= 0.3 is 6.09 Å². The molecule has 0 saturated carbocycles. The monoisotopic (exact) mass is 650 g/mol. The number of aliphatic hydroxyl groups excluding tert-OH is 2. The number of alkyl carbamates (subject to hydrolysis) is 1. The van der Waals surface area contributed by atoms with Crippen molar-refractivity contribution in [2.24, 2.45) is 9.98 Å². The minimum absolute atomic E-state index is 0.00455. The predicted octanol–water partition coefficient (Wildman–Crippen LogP) is 1.87. The molecule has 0 heterocycles. The van der Waals surface area contributed by atoms with Crippen molar-refractivity contribution < 1.29 is 38.9 Å². The number of aliphatic hydroxyl groups is 2. The third-order valence-electron chi connectivity index (χ3n) is 3.95. The van der Waals surface area contributed by atoms with Crippen LogP contribution >= 0.6 is 47.0 Å². The summed E-state index contributed by atoms with van der Waals surface area (Å²) in [5.74, 6) is 5.91. The highest BCUT2D eigenvalue weighted by atomic mass is 32.2. The number of rotatable bonds is 27. The Morgan fingerprint density at radius 2 is 1.51 bits per heavy atom. The van der Waals surface area contributed by atoms with E-state index in [0.29, 0.717) is 57.1 Å². The van der Waals surface area contributed by atoms with E-state index in [-0.39, 0.29) is 25.1 Å². The largest absolute Gasteiger partial charge is 0.611 e. The Morgan fingerprint density at radius 3 is 2.26 bits per heavy atom. The van der Waals surface area contributed by atoms with Gasteiger partial charge in [-0.1, -0.05) is 11.8 Å². The maximum atomic E-state index is 12.0. The lowest BCUT2D eigenvalue weighted by Crippen LogP contribution is -2.27. The summed E-state index contributed by atoms with van der Waals surface area (Å²) in [5.41, 5.74) is 1.49. The maximum absolute atomic E-state index is 12.0. The van der Waals surface area contributed by atoms with Gasteiger partial charge in [0.2, 0.25) is 11.9 Å². The molecule has 0 aliphatic carbocycles. The van der Waals surface area contributed by atoms with E-state index in [9.17, 15) is 14.1 Å². The molecule has 0 radical (unpaired) electrons. The predicted molar refractivity (Wildman–Crippen MR) is 167 cm³/mol. The molecule has 0 saturated heterocycles. The Hall–Kier alpha value is -0.530. The summed E-state index contributed by atoms with van der Waals surface area (Å²) >= 11 is 5.14. The summed E-state index contributed by atoms with van der Waals surface area (Å²) in [6.07, 6.45) is 1.71. The van der Waals surface area contributed by atoms with E-state index in [1.807, 2.05) is 0 Å². The Labute approximate surface area is 251 Å². The number of hydrogen-bond acceptors (Lipinski definition) is 14. The fraction of sp³-hybridized carbons (Fsp3) is 0.818. The van der Waals surface area contributed by atoms with Crippen molar-refractivity contribution in [3.05, 3.63) is 0 Å². The van der Waals surface area contributed by atoms with Crippen LogP contribution in [0.25, 0.3) is 0 Å². The number of carbonyl (C=O) groups is 2. The fourth-order valence-electron chi connectivity index (χ4n) is 2.13. The van der Waals surface area contributed by atoms with E-state index < -0.39 is 17.3 Å². The van der Waals surface area contributed by atoms with Gasteiger partial charge in [0.1, 0.15) is 5.75 Å². The van der Waals surface area contributed by atoms with Crippen LogP contribution in [-0.2, 0) is 25.7 Å². The number of ether oxygens (including phenoxy) is 1. The molecule has 1 unspecified atom stereocenters. The standard InChI is InChI=1S/C22H42N4O8S5/c27-7-1-9-32-21(29)25-5-13-36-12-4-24-20-39(31)18-17-37-15-16-38-22(30)26-6-14-35-11-3-23-19-34-33-10-2-8-28/h19-20,27-28H,1-18H2,(H,25,29)(H,26,30)/b23-19-,24-20+. The molecule has 0 rings (SSSR count). The van der Waals surface area contributed by atoms with Crippen LogP contribution < -0.4 is 10.6 Å². The van der Waals surface area contributed by atoms with Crippen LogP contribution in [0.1, 0.15) is 12.8 Å². The van der Waals surface area contributed by atoms with Crippen molar-refractivity contribution in [1.29, 1.82) is 0 Å². The lowest BCUT2D eigenvalue weighted by Gasteiger charge is -2.06. The van der Waals surface area contributed by atoms with Crippen molar-refractivity contribution in [2.45, 2.75) is 12.8 Å². The first-order valence-electron chi connectivity index (χ1n) is 12.5. The Kier molecular flexibility index (Phi) is 31.6. The van der Waals surface area contributed by atoms with Gasteiger partial charge in [-0.2, -0.15) is 40.2 Å². The molecular formula is C22H42N4O8S5. The molecule has 0 aromatic carbocycles. The summed E-state index contributed by atoms with van der Waals surface area (Å²) in [5, 5.41) is 22.7. The molecule has 0 bridgehead atoms. The van der Waals surface area contributed by atoms with E-state index >= 15 is 0 Å². The lowest BCUT2D eigenvalue weighted by molar-refractivity contribution is -0.218. The molecule has 0 aliphatic heterocycles. The molecule has 0 aromatic rings. The first-order valence-corrected chi connectivity index (χ1v) is 18.3. The van der Waals surface area contributed by atoms with Crippen LogP contribution in [0.3, 0.4) is 0 Å². The second-order valence-electron chi connectivity index (χ2n) is 7.14. The minimum Gasteiger partial charge on any atom is -0.611 e. The van der Waals surface area contributed by atoms with Crippen molar-refractivity contribution in [3.63, 3.8) is 0 Å². The molecule has 228 valence electrons. The highest BCUT2D eigenvalue weighted by molar-refractivity contribution is 8.14. The minimum atomic E-state index is -1.10. The number of carbonyl (C=O) groups excluding carboxylic acids is 2. The van der Waals surface area contributed by atoms with Crippen LogP contribution in [0, 0.1) is 0 Å². The normalized spacial score (nSPS) is 12.2. The van der Waals surface area contributed by atoms with Crippen molar-refractivity contribution in [2.75, 3.05) is 98.6 Å². The SMILES string of the molecule is O=C(NCCSCC/N=C/[S+]([O-])CCSCCSC(=O)NCCSCC/N=C\OOCCCO)OCCCO. The van der Waals surface area contributed by atoms with E-state index in [2.05, 4.69) is 20.6 Å². The van der Waals surface area contributed by atoms with Crippen molar-refractivity contribution >= 4 is 81.5 Å². The van der Waals surface area contributed by atoms with Crippen LogP contribution in [-0.4, -0.2) is 137 Å². The number of thioether (sulfide) groups is 4. The molecule has 12 nitrogen and oxygen atoms in total. The van der Waals surface area contributed by atoms with E-state index in [0.717, 1.165) is 34.5 Å². The molecule has 39 heavy (non-hydrogen) atoms. The number of amides is 2. The van der Waals surface area contributed by atoms with Gasteiger partial charge in [0, 0.05) is 73.0 Å². The number of nitrogens with one attached hydrogen (secondary N) is 2. The number of aliphatic imine (C=N–C) groups is 2. The summed E-state index contributed by atoms with van der Waals surface area (Å²) in [4.78, 5) is 40.8. The quantitative estimate of drug-likeness (QED) is 0.0254. The van der Waals surface area contributed by atoms with Crippen LogP contribution in [0.4, 0.5) is 9.59 Å². The van der Waals surface area contributed by atoms with Crippen LogP contribution in [0.2, 0.25) is 0 Å². The smallest absolute Gasteiger partial charge is 0.407 e. The number of hydrogen-bond donors (Lipinski definition) is 4. The van der Waals surface area contributed by atoms with E-state index in [1.165, 1.54) is 23.7 Å². The van der Waals surface area contributed by atoms with Crippen molar-refractivity contribution in [1.82, 2.24) is 10.6 Å². The third kappa shape index (κ3) is 31.9. The molecular weight excluding hydrogens is 609 g/mol. The van der Waals surface area contributed by atoms with Gasteiger partial charge in [0.05, 0.1) is 26.3 Å². The van der Waals surface area contributed by atoms with Crippen molar-refractivity contribution in [3.8, 4) is 0 Å². The van der Waals surface area contributed by atoms with Gasteiger partial charge in [-0.05, 0) is 17.6 Å². The average molecular weight is 651 g/mol. The van der Waals surface area contributed by atoms with Gasteiger partial charge in [-0.3, -0.25) is 9.79 Å². The van der Waals surface area contributed by atoms with E-state index in [1.54, 1.807) is 35.3 Å². The summed E-state index contributed by atoms with van der Waals surface area (Å²) in [7, 11) is 0. The first-order chi connectivity index (χ1) is 19.1. The highest BCUT2D eigenvalue weighted by Crippen LogP contribution is 2.09. The van der Waals surface area contributed by atoms with Crippen LogP contribution in [0.5, 0.6) is 0 Å².